The molecule has 6 heteroatoms. The Balaban J connectivity index is 1.58. The Kier molecular flexibility index (Phi) is 5.20. The number of pyridine rings is 3. The molecule has 0 radical (unpaired) electrons. The molecule has 0 aliphatic heterocycles. The lowest BCUT2D eigenvalue weighted by atomic mass is 9.96. The first kappa shape index (κ1) is 21.3. The maximum atomic E-state index is 13.2. The van der Waals surface area contributed by atoms with E-state index < -0.39 is 0 Å². The van der Waals surface area contributed by atoms with E-state index >= 15 is 0 Å². The van der Waals surface area contributed by atoms with Gasteiger partial charge in [-0.05, 0) is 48.4 Å². The number of hydrogen-bond acceptors (Lipinski definition) is 3. The quantitative estimate of drug-likeness (QED) is 0.311. The zero-order chi connectivity index (χ0) is 23.9. The smallest absolute Gasteiger partial charge is 0.191 e. The molecule has 0 bridgehead atoms. The minimum absolute atomic E-state index is 0.0699. The highest BCUT2D eigenvalue weighted by Gasteiger charge is 2.16. The van der Waals surface area contributed by atoms with Crippen LogP contribution in [-0.4, -0.2) is 19.5 Å². The van der Waals surface area contributed by atoms with Gasteiger partial charge >= 0.3 is 0 Å². The van der Waals surface area contributed by atoms with Crippen LogP contribution in [0.5, 0.6) is 0 Å². The molecule has 0 fully saturated rings. The molecule has 6 rings (SSSR count). The number of fused-ring (bicyclic) bond motifs is 2. The molecule has 0 unspecified atom stereocenters. The van der Waals surface area contributed by atoms with Crippen molar-refractivity contribution in [1.82, 2.24) is 19.5 Å². The van der Waals surface area contributed by atoms with Gasteiger partial charge in [0, 0.05) is 46.9 Å². The molecule has 0 atom stereocenters. The molecule has 0 saturated heterocycles. The summed E-state index contributed by atoms with van der Waals surface area (Å²) in [4.78, 5) is 26.0. The van der Waals surface area contributed by atoms with E-state index in [-0.39, 0.29) is 5.43 Å². The Hall–Kier alpha value is -4.22. The molecule has 0 amide bonds. The summed E-state index contributed by atoms with van der Waals surface area (Å²) in [5.74, 6) is 0. The van der Waals surface area contributed by atoms with E-state index in [1.54, 1.807) is 12.3 Å². The summed E-state index contributed by atoms with van der Waals surface area (Å²) in [7, 11) is 0. The minimum atomic E-state index is -0.0699. The Labute approximate surface area is 206 Å². The van der Waals surface area contributed by atoms with Crippen LogP contribution in [0.1, 0.15) is 11.3 Å². The van der Waals surface area contributed by atoms with Gasteiger partial charge in [-0.3, -0.25) is 9.78 Å². The number of benzene rings is 2. The fraction of sp³-hybridized carbons (Fsp3) is 0.0690. The molecule has 1 N–H and O–H groups in total. The fourth-order valence-electron chi connectivity index (χ4n) is 4.50. The summed E-state index contributed by atoms with van der Waals surface area (Å²) >= 11 is 6.61. The van der Waals surface area contributed by atoms with E-state index in [2.05, 4.69) is 9.97 Å². The van der Waals surface area contributed by atoms with E-state index in [0.29, 0.717) is 22.6 Å². The maximum absolute atomic E-state index is 13.2. The van der Waals surface area contributed by atoms with Crippen molar-refractivity contribution in [3.63, 3.8) is 0 Å². The summed E-state index contributed by atoms with van der Waals surface area (Å²) in [5.41, 5.74) is 6.68. The molecule has 6 aromatic rings. The molecule has 2 aromatic carbocycles. The van der Waals surface area contributed by atoms with E-state index in [1.165, 1.54) is 5.56 Å². The first-order chi connectivity index (χ1) is 17.0. The van der Waals surface area contributed by atoms with Gasteiger partial charge < -0.3 is 9.55 Å². The second kappa shape index (κ2) is 8.53. The molecular weight excluding hydrogens is 456 g/mol. The number of H-pyrrole nitrogens is 1. The predicted octanol–water partition coefficient (Wildman–Crippen LogP) is 6.62. The highest BCUT2D eigenvalue weighted by molar-refractivity contribution is 6.35. The van der Waals surface area contributed by atoms with Gasteiger partial charge in [0.25, 0.3) is 0 Å². The Morgan fingerprint density at radius 3 is 2.63 bits per heavy atom. The van der Waals surface area contributed by atoms with Crippen LogP contribution < -0.4 is 5.43 Å². The van der Waals surface area contributed by atoms with Crippen molar-refractivity contribution in [3.05, 3.63) is 118 Å². The third-order valence-corrected chi connectivity index (χ3v) is 6.43. The van der Waals surface area contributed by atoms with Crippen LogP contribution in [0.3, 0.4) is 0 Å². The summed E-state index contributed by atoms with van der Waals surface area (Å²) in [6.07, 6.45) is 5.78. The molecule has 0 spiro atoms. The van der Waals surface area contributed by atoms with Gasteiger partial charge in [0.15, 0.2) is 5.43 Å². The lowest BCUT2D eigenvalue weighted by molar-refractivity contribution is 0.781. The van der Waals surface area contributed by atoms with Crippen molar-refractivity contribution in [1.29, 1.82) is 0 Å². The van der Waals surface area contributed by atoms with Crippen molar-refractivity contribution in [2.24, 2.45) is 0 Å². The van der Waals surface area contributed by atoms with Crippen molar-refractivity contribution >= 4 is 33.5 Å². The summed E-state index contributed by atoms with van der Waals surface area (Å²) in [6, 6.07) is 23.4. The zero-order valence-electron chi connectivity index (χ0n) is 19.0. The van der Waals surface area contributed by atoms with Crippen molar-refractivity contribution in [3.8, 4) is 22.4 Å². The standard InChI is InChI=1S/C29H21ClN4O/c1-18-9-11-34(16-18)17-22-14-26(35)24-15-23(21-12-20-8-5-10-31-28(20)25(30)13-21)27(33-29(24)32-22)19-6-3-2-4-7-19/h2-16H,17H2,1H3,(H,32,33,35). The topological polar surface area (TPSA) is 63.6 Å². The molecule has 5 nitrogen and oxygen atoms in total. The maximum Gasteiger partial charge on any atom is 0.191 e. The van der Waals surface area contributed by atoms with Gasteiger partial charge in [-0.1, -0.05) is 48.0 Å². The fourth-order valence-corrected chi connectivity index (χ4v) is 4.78. The molecular formula is C29H21ClN4O. The average Bonchev–Trinajstić information content (AvgIpc) is 3.28. The molecule has 0 aliphatic rings. The van der Waals surface area contributed by atoms with Crippen molar-refractivity contribution < 1.29 is 0 Å². The minimum Gasteiger partial charge on any atom is -0.348 e. The van der Waals surface area contributed by atoms with Crippen molar-refractivity contribution in [2.45, 2.75) is 13.5 Å². The third-order valence-electron chi connectivity index (χ3n) is 6.14. The highest BCUT2D eigenvalue weighted by Crippen LogP contribution is 2.36. The van der Waals surface area contributed by atoms with Gasteiger partial charge in [-0.15, -0.1) is 0 Å². The monoisotopic (exact) mass is 476 g/mol. The molecule has 35 heavy (non-hydrogen) atoms. The van der Waals surface area contributed by atoms with Crippen molar-refractivity contribution in [2.75, 3.05) is 0 Å². The number of aromatic amines is 1. The van der Waals surface area contributed by atoms with E-state index in [4.69, 9.17) is 16.6 Å². The normalized spacial score (nSPS) is 11.4. The molecule has 0 aliphatic carbocycles. The lowest BCUT2D eigenvalue weighted by Crippen LogP contribution is -2.10. The number of aromatic nitrogens is 4. The largest absolute Gasteiger partial charge is 0.348 e. The predicted molar refractivity (Wildman–Crippen MR) is 142 cm³/mol. The second-order valence-electron chi connectivity index (χ2n) is 8.70. The van der Waals surface area contributed by atoms with Crippen LogP contribution in [0.25, 0.3) is 44.3 Å². The zero-order valence-corrected chi connectivity index (χ0v) is 19.8. The van der Waals surface area contributed by atoms with Crippen LogP contribution in [0.2, 0.25) is 5.02 Å². The number of hydrogen-bond donors (Lipinski definition) is 1. The number of nitrogens with one attached hydrogen (secondary N) is 1. The lowest BCUT2D eigenvalue weighted by Gasteiger charge is -2.13. The first-order valence-electron chi connectivity index (χ1n) is 11.3. The molecule has 0 saturated carbocycles. The van der Waals surface area contributed by atoms with Gasteiger partial charge in [0.2, 0.25) is 0 Å². The summed E-state index contributed by atoms with van der Waals surface area (Å²) in [5, 5.41) is 2.03. The van der Waals surface area contributed by atoms with Gasteiger partial charge in [-0.2, -0.15) is 0 Å². The van der Waals surface area contributed by atoms with Gasteiger partial charge in [-0.25, -0.2) is 4.98 Å². The van der Waals surface area contributed by atoms with E-state index in [1.807, 2.05) is 90.6 Å². The first-order valence-corrected chi connectivity index (χ1v) is 11.7. The Morgan fingerprint density at radius 1 is 0.971 bits per heavy atom. The van der Waals surface area contributed by atoms with Crippen LogP contribution in [0.4, 0.5) is 0 Å². The SMILES string of the molecule is Cc1ccn(Cc2cc(=O)c3cc(-c4cc(Cl)c5ncccc5c4)c(-c4ccccc4)nc3[nH]2)c1. The Bertz CT molecular complexity index is 1770. The number of rotatable bonds is 4. The molecule has 170 valence electrons. The summed E-state index contributed by atoms with van der Waals surface area (Å²) < 4.78 is 2.05. The van der Waals surface area contributed by atoms with Crippen LogP contribution in [-0.2, 0) is 6.54 Å². The van der Waals surface area contributed by atoms with E-state index in [0.717, 1.165) is 39.0 Å². The highest BCUT2D eigenvalue weighted by atomic mass is 35.5. The number of halogens is 1. The second-order valence-corrected chi connectivity index (χ2v) is 9.11. The van der Waals surface area contributed by atoms with Gasteiger partial charge in [0.1, 0.15) is 5.65 Å². The molecule has 4 aromatic heterocycles. The third kappa shape index (κ3) is 4.00. The number of nitrogens with zero attached hydrogens (tertiary/aromatic N) is 3. The number of aryl methyl sites for hydroxylation is 1. The van der Waals surface area contributed by atoms with Crippen LogP contribution in [0, 0.1) is 6.92 Å². The summed E-state index contributed by atoms with van der Waals surface area (Å²) in [6.45, 7) is 2.61. The molecule has 4 heterocycles. The van der Waals surface area contributed by atoms with Crippen LogP contribution >= 0.6 is 11.6 Å². The Morgan fingerprint density at radius 2 is 1.83 bits per heavy atom. The van der Waals surface area contributed by atoms with Gasteiger partial charge in [0.05, 0.1) is 28.2 Å². The van der Waals surface area contributed by atoms with Crippen LogP contribution in [0.15, 0.2) is 96.2 Å². The van der Waals surface area contributed by atoms with E-state index in [9.17, 15) is 4.79 Å². The average molecular weight is 477 g/mol.